The summed E-state index contributed by atoms with van der Waals surface area (Å²) in [4.78, 5) is 0. The Kier molecular flexibility index (Phi) is 2.46. The molecule has 76 valence electrons. The number of rotatable bonds is 2. The second-order valence-corrected chi connectivity index (χ2v) is 4.24. The molecule has 0 saturated carbocycles. The van der Waals surface area contributed by atoms with Gasteiger partial charge in [-0.15, -0.1) is 0 Å². The zero-order chi connectivity index (χ0) is 10.1. The van der Waals surface area contributed by atoms with Crippen molar-refractivity contribution >= 4 is 0 Å². The standard InChI is InChI=1S/C12H17NO/c1-8(13)7-11-10-4-2-3-9(10)5-6-12(11)14/h5-6,8,14H,2-4,7,13H2,1H3. The molecule has 0 fully saturated rings. The van der Waals surface area contributed by atoms with Gasteiger partial charge in [-0.25, -0.2) is 0 Å². The fourth-order valence-electron chi connectivity index (χ4n) is 2.28. The van der Waals surface area contributed by atoms with Gasteiger partial charge < -0.3 is 10.8 Å². The zero-order valence-electron chi connectivity index (χ0n) is 8.59. The highest BCUT2D eigenvalue weighted by molar-refractivity contribution is 5.47. The van der Waals surface area contributed by atoms with E-state index in [4.69, 9.17) is 5.73 Å². The molecular weight excluding hydrogens is 174 g/mol. The molecule has 0 heterocycles. The first-order valence-corrected chi connectivity index (χ1v) is 5.26. The predicted molar refractivity (Wildman–Crippen MR) is 57.5 cm³/mol. The van der Waals surface area contributed by atoms with Crippen molar-refractivity contribution in [1.29, 1.82) is 0 Å². The minimum atomic E-state index is 0.119. The second-order valence-electron chi connectivity index (χ2n) is 4.24. The van der Waals surface area contributed by atoms with Crippen LogP contribution in [0.1, 0.15) is 30.0 Å². The number of fused-ring (bicyclic) bond motifs is 1. The summed E-state index contributed by atoms with van der Waals surface area (Å²) < 4.78 is 0. The lowest BCUT2D eigenvalue weighted by molar-refractivity contribution is 0.464. The average Bonchev–Trinajstić information content (AvgIpc) is 2.57. The molecule has 0 spiro atoms. The number of benzene rings is 1. The van der Waals surface area contributed by atoms with Crippen LogP contribution < -0.4 is 5.73 Å². The largest absolute Gasteiger partial charge is 0.508 e. The van der Waals surface area contributed by atoms with Gasteiger partial charge in [0, 0.05) is 6.04 Å². The van der Waals surface area contributed by atoms with Crippen molar-refractivity contribution in [1.82, 2.24) is 0 Å². The molecule has 0 amide bonds. The fourth-order valence-corrected chi connectivity index (χ4v) is 2.28. The predicted octanol–water partition coefficient (Wildman–Crippen LogP) is 1.77. The van der Waals surface area contributed by atoms with Crippen molar-refractivity contribution in [2.45, 2.75) is 38.6 Å². The van der Waals surface area contributed by atoms with Gasteiger partial charge in [-0.2, -0.15) is 0 Å². The van der Waals surface area contributed by atoms with Crippen LogP contribution in [0.3, 0.4) is 0 Å². The van der Waals surface area contributed by atoms with Gasteiger partial charge in [0.05, 0.1) is 0 Å². The summed E-state index contributed by atoms with van der Waals surface area (Å²) >= 11 is 0. The lowest BCUT2D eigenvalue weighted by Gasteiger charge is -2.12. The number of nitrogens with two attached hydrogens (primary N) is 1. The molecule has 0 saturated heterocycles. The van der Waals surface area contributed by atoms with Crippen LogP contribution in [-0.4, -0.2) is 11.1 Å². The van der Waals surface area contributed by atoms with Gasteiger partial charge in [0.15, 0.2) is 0 Å². The Labute approximate surface area is 84.7 Å². The smallest absolute Gasteiger partial charge is 0.119 e. The van der Waals surface area contributed by atoms with E-state index in [1.807, 2.05) is 19.1 Å². The number of aryl methyl sites for hydroxylation is 1. The maximum absolute atomic E-state index is 9.77. The molecule has 1 aromatic rings. The van der Waals surface area contributed by atoms with Crippen molar-refractivity contribution in [2.75, 3.05) is 0 Å². The number of phenols is 1. The molecule has 14 heavy (non-hydrogen) atoms. The number of aromatic hydroxyl groups is 1. The Balaban J connectivity index is 2.41. The molecule has 1 unspecified atom stereocenters. The average molecular weight is 191 g/mol. The first-order chi connectivity index (χ1) is 6.68. The highest BCUT2D eigenvalue weighted by atomic mass is 16.3. The lowest BCUT2D eigenvalue weighted by atomic mass is 9.97. The van der Waals surface area contributed by atoms with Gasteiger partial charge in [-0.1, -0.05) is 6.07 Å². The fraction of sp³-hybridized carbons (Fsp3) is 0.500. The van der Waals surface area contributed by atoms with Gasteiger partial charge in [0.1, 0.15) is 5.75 Å². The van der Waals surface area contributed by atoms with E-state index in [1.54, 1.807) is 0 Å². The third-order valence-electron chi connectivity index (χ3n) is 2.90. The molecule has 2 heteroatoms. The van der Waals surface area contributed by atoms with Crippen molar-refractivity contribution in [3.8, 4) is 5.75 Å². The number of phenolic OH excluding ortho intramolecular Hbond substituents is 1. The van der Waals surface area contributed by atoms with E-state index in [1.165, 1.54) is 17.5 Å². The highest BCUT2D eigenvalue weighted by Gasteiger charge is 2.17. The summed E-state index contributed by atoms with van der Waals surface area (Å²) in [6, 6.07) is 3.97. The van der Waals surface area contributed by atoms with E-state index in [2.05, 4.69) is 0 Å². The van der Waals surface area contributed by atoms with Crippen molar-refractivity contribution in [3.05, 3.63) is 28.8 Å². The van der Waals surface area contributed by atoms with E-state index < -0.39 is 0 Å². The Bertz CT molecular complexity index is 344. The Morgan fingerprint density at radius 2 is 2.21 bits per heavy atom. The van der Waals surface area contributed by atoms with E-state index in [9.17, 15) is 5.11 Å². The van der Waals surface area contributed by atoms with Gasteiger partial charge in [0.25, 0.3) is 0 Å². The van der Waals surface area contributed by atoms with E-state index in [0.29, 0.717) is 5.75 Å². The van der Waals surface area contributed by atoms with Crippen LogP contribution >= 0.6 is 0 Å². The minimum Gasteiger partial charge on any atom is -0.508 e. The molecule has 0 bridgehead atoms. The molecule has 1 aromatic carbocycles. The molecule has 3 N–H and O–H groups in total. The molecule has 2 rings (SSSR count). The Morgan fingerprint density at radius 3 is 2.93 bits per heavy atom. The molecule has 0 radical (unpaired) electrons. The van der Waals surface area contributed by atoms with Gasteiger partial charge in [0.2, 0.25) is 0 Å². The van der Waals surface area contributed by atoms with Gasteiger partial charge >= 0.3 is 0 Å². The summed E-state index contributed by atoms with van der Waals surface area (Å²) in [5.74, 6) is 0.419. The SMILES string of the molecule is CC(N)Cc1c(O)ccc2c1CCC2. The summed E-state index contributed by atoms with van der Waals surface area (Å²) in [6.07, 6.45) is 4.26. The van der Waals surface area contributed by atoms with Crippen LogP contribution in [0.25, 0.3) is 0 Å². The Morgan fingerprint density at radius 1 is 1.43 bits per heavy atom. The number of hydrogen-bond donors (Lipinski definition) is 2. The molecule has 1 aliphatic carbocycles. The second kappa shape index (κ2) is 3.62. The quantitative estimate of drug-likeness (QED) is 0.748. The van der Waals surface area contributed by atoms with Crippen LogP contribution in [0.15, 0.2) is 12.1 Å². The van der Waals surface area contributed by atoms with Crippen LogP contribution in [0, 0.1) is 0 Å². The van der Waals surface area contributed by atoms with Crippen LogP contribution in [0.2, 0.25) is 0 Å². The van der Waals surface area contributed by atoms with Crippen LogP contribution in [0.5, 0.6) is 5.75 Å². The third kappa shape index (κ3) is 1.62. The minimum absolute atomic E-state index is 0.119. The highest BCUT2D eigenvalue weighted by Crippen LogP contribution is 2.31. The molecule has 1 aliphatic rings. The topological polar surface area (TPSA) is 46.2 Å². The zero-order valence-corrected chi connectivity index (χ0v) is 8.59. The lowest BCUT2D eigenvalue weighted by Crippen LogP contribution is -2.18. The van der Waals surface area contributed by atoms with Crippen molar-refractivity contribution in [2.24, 2.45) is 5.73 Å². The van der Waals surface area contributed by atoms with Crippen molar-refractivity contribution < 1.29 is 5.11 Å². The molecule has 0 aliphatic heterocycles. The maximum Gasteiger partial charge on any atom is 0.119 e. The summed E-state index contributed by atoms with van der Waals surface area (Å²) in [7, 11) is 0. The molecule has 1 atom stereocenters. The Hall–Kier alpha value is -1.02. The molecule has 2 nitrogen and oxygen atoms in total. The molecular formula is C12H17NO. The van der Waals surface area contributed by atoms with E-state index >= 15 is 0 Å². The van der Waals surface area contributed by atoms with Crippen molar-refractivity contribution in [3.63, 3.8) is 0 Å². The monoisotopic (exact) mass is 191 g/mol. The maximum atomic E-state index is 9.77. The number of hydrogen-bond acceptors (Lipinski definition) is 2. The van der Waals surface area contributed by atoms with E-state index in [-0.39, 0.29) is 6.04 Å². The third-order valence-corrected chi connectivity index (χ3v) is 2.90. The van der Waals surface area contributed by atoms with Gasteiger partial charge in [-0.3, -0.25) is 0 Å². The van der Waals surface area contributed by atoms with E-state index in [0.717, 1.165) is 24.8 Å². The summed E-state index contributed by atoms with van der Waals surface area (Å²) in [5, 5.41) is 9.77. The first-order valence-electron chi connectivity index (χ1n) is 5.26. The summed E-state index contributed by atoms with van der Waals surface area (Å²) in [6.45, 7) is 1.98. The summed E-state index contributed by atoms with van der Waals surface area (Å²) in [5.41, 5.74) is 9.61. The normalized spacial score (nSPS) is 16.7. The van der Waals surface area contributed by atoms with Crippen LogP contribution in [-0.2, 0) is 19.3 Å². The van der Waals surface area contributed by atoms with Gasteiger partial charge in [-0.05, 0) is 55.4 Å². The first kappa shape index (κ1) is 9.53. The molecule has 0 aromatic heterocycles. The van der Waals surface area contributed by atoms with Crippen LogP contribution in [0.4, 0.5) is 0 Å².